The minimum atomic E-state index is -3.76. The maximum absolute atomic E-state index is 12.3. The van der Waals surface area contributed by atoms with Crippen LogP contribution in [0.1, 0.15) is 24.5 Å². The molecule has 0 radical (unpaired) electrons. The van der Waals surface area contributed by atoms with Gasteiger partial charge in [0.15, 0.2) is 0 Å². The van der Waals surface area contributed by atoms with Crippen LogP contribution < -0.4 is 16.0 Å². The van der Waals surface area contributed by atoms with Crippen molar-refractivity contribution in [2.45, 2.75) is 24.8 Å². The second-order valence-corrected chi connectivity index (χ2v) is 5.99. The molecule has 4 N–H and O–H groups in total. The quantitative estimate of drug-likeness (QED) is 0.567. The van der Waals surface area contributed by atoms with Crippen LogP contribution >= 0.6 is 0 Å². The molecule has 0 aliphatic rings. The summed E-state index contributed by atoms with van der Waals surface area (Å²) in [5.41, 5.74) is 2.61. The standard InChI is InChI=1S/C12H16N4O3S/c1-8-3-4-11(19-8)9(2)16-20(17,18)12-7-14-6-5-10(12)15-13/h3-7,9,16H,13H2,1-2H3,(H,14,15). The summed E-state index contributed by atoms with van der Waals surface area (Å²) >= 11 is 0. The van der Waals surface area contributed by atoms with Crippen LogP contribution in [0.4, 0.5) is 5.69 Å². The van der Waals surface area contributed by atoms with Gasteiger partial charge >= 0.3 is 0 Å². The van der Waals surface area contributed by atoms with E-state index in [9.17, 15) is 8.42 Å². The first kappa shape index (κ1) is 14.5. The van der Waals surface area contributed by atoms with Crippen LogP contribution in [0.15, 0.2) is 39.9 Å². The topological polar surface area (TPSA) is 110 Å². The summed E-state index contributed by atoms with van der Waals surface area (Å²) in [4.78, 5) is 3.79. The Morgan fingerprint density at radius 3 is 2.70 bits per heavy atom. The molecule has 8 heteroatoms. The lowest BCUT2D eigenvalue weighted by Crippen LogP contribution is -2.28. The number of aryl methyl sites for hydroxylation is 1. The third kappa shape index (κ3) is 2.98. The number of nitrogen functional groups attached to an aromatic ring is 1. The molecule has 0 aliphatic carbocycles. The molecule has 0 fully saturated rings. The summed E-state index contributed by atoms with van der Waals surface area (Å²) in [5, 5.41) is 0. The average Bonchev–Trinajstić information content (AvgIpc) is 2.85. The molecule has 2 aromatic rings. The molecule has 0 amide bonds. The number of rotatable bonds is 5. The summed E-state index contributed by atoms with van der Waals surface area (Å²) in [6.07, 6.45) is 2.69. The predicted molar refractivity (Wildman–Crippen MR) is 74.2 cm³/mol. The van der Waals surface area contributed by atoms with Gasteiger partial charge in [-0.2, -0.15) is 0 Å². The van der Waals surface area contributed by atoms with E-state index in [0.717, 1.165) is 5.76 Å². The molecule has 7 nitrogen and oxygen atoms in total. The number of hydrogen-bond acceptors (Lipinski definition) is 6. The minimum Gasteiger partial charge on any atom is -0.465 e. The van der Waals surface area contributed by atoms with E-state index >= 15 is 0 Å². The SMILES string of the molecule is Cc1ccc(C(C)NS(=O)(=O)c2cnccc2NN)o1. The number of nitrogens with zero attached hydrogens (tertiary/aromatic N) is 1. The fourth-order valence-electron chi connectivity index (χ4n) is 1.75. The fraction of sp³-hybridized carbons (Fsp3) is 0.250. The monoisotopic (exact) mass is 296 g/mol. The maximum atomic E-state index is 12.3. The fourth-order valence-corrected chi connectivity index (χ4v) is 3.08. The van der Waals surface area contributed by atoms with E-state index in [1.165, 1.54) is 18.5 Å². The number of aromatic nitrogens is 1. The van der Waals surface area contributed by atoms with Gasteiger partial charge in [-0.15, -0.1) is 0 Å². The minimum absolute atomic E-state index is 0.0161. The van der Waals surface area contributed by atoms with Gasteiger partial charge in [-0.05, 0) is 32.0 Å². The third-order valence-corrected chi connectivity index (χ3v) is 4.32. The molecule has 2 rings (SSSR count). The summed E-state index contributed by atoms with van der Waals surface area (Å²) in [5.74, 6) is 6.56. The Kier molecular flexibility index (Phi) is 4.07. The van der Waals surface area contributed by atoms with Crippen molar-refractivity contribution in [2.24, 2.45) is 5.84 Å². The van der Waals surface area contributed by atoms with Crippen LogP contribution in [0.2, 0.25) is 0 Å². The lowest BCUT2D eigenvalue weighted by atomic mass is 10.3. The molecule has 20 heavy (non-hydrogen) atoms. The van der Waals surface area contributed by atoms with E-state index in [2.05, 4.69) is 15.1 Å². The van der Waals surface area contributed by atoms with E-state index in [0.29, 0.717) is 5.76 Å². The number of pyridine rings is 1. The molecule has 1 unspecified atom stereocenters. The van der Waals surface area contributed by atoms with E-state index in [1.807, 2.05) is 0 Å². The van der Waals surface area contributed by atoms with Gasteiger partial charge in [-0.1, -0.05) is 0 Å². The number of hydrazine groups is 1. The van der Waals surface area contributed by atoms with Gasteiger partial charge in [-0.25, -0.2) is 13.1 Å². The highest BCUT2D eigenvalue weighted by atomic mass is 32.2. The Morgan fingerprint density at radius 1 is 1.35 bits per heavy atom. The number of hydrogen-bond donors (Lipinski definition) is 3. The first-order valence-corrected chi connectivity index (χ1v) is 7.41. The first-order chi connectivity index (χ1) is 9.44. The zero-order chi connectivity index (χ0) is 14.8. The Morgan fingerprint density at radius 2 is 2.10 bits per heavy atom. The molecule has 0 aromatic carbocycles. The van der Waals surface area contributed by atoms with Gasteiger partial charge in [0.25, 0.3) is 0 Å². The van der Waals surface area contributed by atoms with Crippen molar-refractivity contribution >= 4 is 15.7 Å². The van der Waals surface area contributed by atoms with Crippen LogP contribution in [0, 0.1) is 6.92 Å². The Hall–Kier alpha value is -1.90. The van der Waals surface area contributed by atoms with Gasteiger partial charge in [0.2, 0.25) is 10.0 Å². The average molecular weight is 296 g/mol. The number of anilines is 1. The van der Waals surface area contributed by atoms with Crippen molar-refractivity contribution in [3.63, 3.8) is 0 Å². The first-order valence-electron chi connectivity index (χ1n) is 5.93. The zero-order valence-corrected chi connectivity index (χ0v) is 11.9. The summed E-state index contributed by atoms with van der Waals surface area (Å²) in [6.45, 7) is 3.49. The Labute approximate surface area is 117 Å². The van der Waals surface area contributed by atoms with Gasteiger partial charge in [0, 0.05) is 12.4 Å². The highest BCUT2D eigenvalue weighted by Gasteiger charge is 2.23. The van der Waals surface area contributed by atoms with Crippen LogP contribution in [-0.4, -0.2) is 13.4 Å². The smallest absolute Gasteiger partial charge is 0.244 e. The molecule has 0 bridgehead atoms. The van der Waals surface area contributed by atoms with Gasteiger partial charge in [0.1, 0.15) is 16.4 Å². The number of nitrogens with one attached hydrogen (secondary N) is 2. The zero-order valence-electron chi connectivity index (χ0n) is 11.1. The molecule has 0 saturated carbocycles. The summed E-state index contributed by atoms with van der Waals surface area (Å²) in [7, 11) is -3.76. The van der Waals surface area contributed by atoms with Crippen LogP contribution in [0.3, 0.4) is 0 Å². The van der Waals surface area contributed by atoms with Crippen molar-refractivity contribution in [3.8, 4) is 0 Å². The molecule has 0 saturated heterocycles. The lowest BCUT2D eigenvalue weighted by molar-refractivity contribution is 0.441. The Bertz CT molecular complexity index is 696. The molecule has 0 aliphatic heterocycles. The van der Waals surface area contributed by atoms with Crippen molar-refractivity contribution in [1.29, 1.82) is 0 Å². The predicted octanol–water partition coefficient (Wildman–Crippen LogP) is 1.31. The van der Waals surface area contributed by atoms with Crippen molar-refractivity contribution in [2.75, 3.05) is 5.43 Å². The van der Waals surface area contributed by atoms with Crippen LogP contribution in [0.5, 0.6) is 0 Å². The third-order valence-electron chi connectivity index (χ3n) is 2.75. The van der Waals surface area contributed by atoms with Crippen molar-refractivity contribution < 1.29 is 12.8 Å². The van der Waals surface area contributed by atoms with E-state index in [4.69, 9.17) is 10.3 Å². The highest BCUT2D eigenvalue weighted by molar-refractivity contribution is 7.89. The summed E-state index contributed by atoms with van der Waals surface area (Å²) in [6, 6.07) is 4.49. The molecule has 0 spiro atoms. The summed E-state index contributed by atoms with van der Waals surface area (Å²) < 4.78 is 32.5. The lowest BCUT2D eigenvalue weighted by Gasteiger charge is -2.14. The van der Waals surface area contributed by atoms with Gasteiger partial charge in [-0.3, -0.25) is 10.8 Å². The number of sulfonamides is 1. The van der Waals surface area contributed by atoms with Gasteiger partial charge < -0.3 is 9.84 Å². The molecule has 2 aromatic heterocycles. The van der Waals surface area contributed by atoms with Crippen LogP contribution in [-0.2, 0) is 10.0 Å². The molecule has 2 heterocycles. The number of furan rings is 1. The molecule has 1 atom stereocenters. The highest BCUT2D eigenvalue weighted by Crippen LogP contribution is 2.22. The number of nitrogens with two attached hydrogens (primary N) is 1. The van der Waals surface area contributed by atoms with Crippen molar-refractivity contribution in [1.82, 2.24) is 9.71 Å². The second-order valence-electron chi connectivity index (χ2n) is 4.31. The van der Waals surface area contributed by atoms with E-state index < -0.39 is 16.1 Å². The molecular formula is C12H16N4O3S. The second kappa shape index (κ2) is 5.61. The largest absolute Gasteiger partial charge is 0.465 e. The van der Waals surface area contributed by atoms with E-state index in [-0.39, 0.29) is 10.6 Å². The Balaban J connectivity index is 2.27. The van der Waals surface area contributed by atoms with Crippen molar-refractivity contribution in [3.05, 3.63) is 42.1 Å². The van der Waals surface area contributed by atoms with E-state index in [1.54, 1.807) is 26.0 Å². The normalized spacial score (nSPS) is 13.2. The maximum Gasteiger partial charge on any atom is 0.244 e. The van der Waals surface area contributed by atoms with Crippen LogP contribution in [0.25, 0.3) is 0 Å². The molecule has 108 valence electrons. The molecular weight excluding hydrogens is 280 g/mol. The van der Waals surface area contributed by atoms with Gasteiger partial charge in [0.05, 0.1) is 11.7 Å².